The van der Waals surface area contributed by atoms with Crippen molar-refractivity contribution in [1.29, 1.82) is 0 Å². The summed E-state index contributed by atoms with van der Waals surface area (Å²) < 4.78 is 67.8. The Morgan fingerprint density at radius 1 is 1.35 bits per heavy atom. The van der Waals surface area contributed by atoms with E-state index >= 15 is 0 Å². The zero-order chi connectivity index (χ0) is 25.4. The summed E-state index contributed by atoms with van der Waals surface area (Å²) in [5.41, 5.74) is 3.43. The molecule has 0 aromatic carbocycles. The number of aliphatic hydroxyl groups is 1. The van der Waals surface area contributed by atoms with Crippen LogP contribution in [0.3, 0.4) is 0 Å². The maximum absolute atomic E-state index is 13.9. The fourth-order valence-electron chi connectivity index (χ4n) is 3.17. The lowest BCUT2D eigenvalue weighted by Crippen LogP contribution is -2.38. The van der Waals surface area contributed by atoms with E-state index in [0.717, 1.165) is 23.6 Å². The summed E-state index contributed by atoms with van der Waals surface area (Å²) in [5, 5.41) is 15.1. The van der Waals surface area contributed by atoms with Gasteiger partial charge in [-0.1, -0.05) is 6.58 Å². The highest BCUT2D eigenvalue weighted by Crippen LogP contribution is 2.43. The van der Waals surface area contributed by atoms with Gasteiger partial charge in [-0.2, -0.15) is 13.2 Å². The monoisotopic (exact) mass is 505 g/mol. The van der Waals surface area contributed by atoms with Crippen molar-refractivity contribution >= 4 is 28.8 Å². The minimum Gasteiger partial charge on any atom is -0.389 e. The van der Waals surface area contributed by atoms with E-state index in [9.17, 15) is 31.9 Å². The van der Waals surface area contributed by atoms with Crippen LogP contribution in [-0.2, 0) is 0 Å². The van der Waals surface area contributed by atoms with E-state index in [4.69, 9.17) is 5.73 Å². The SMILES string of the molecule is C=C(NCC(C)(C)O)c1nc(C(N)=O)c(-c2cnc(NC(C3CC3)C(F)(F)F)cc2C(F)F)s1. The van der Waals surface area contributed by atoms with Gasteiger partial charge in [-0.05, 0) is 38.7 Å². The number of nitrogens with one attached hydrogen (secondary N) is 2. The highest BCUT2D eigenvalue weighted by atomic mass is 32.1. The molecule has 0 spiro atoms. The Kier molecular flexibility index (Phi) is 7.18. The lowest BCUT2D eigenvalue weighted by Gasteiger charge is -2.22. The number of rotatable bonds is 10. The molecule has 0 bridgehead atoms. The highest BCUT2D eigenvalue weighted by molar-refractivity contribution is 7.16. The zero-order valence-corrected chi connectivity index (χ0v) is 19.2. The Hall–Kier alpha value is -2.80. The van der Waals surface area contributed by atoms with Gasteiger partial charge >= 0.3 is 6.18 Å². The molecule has 0 radical (unpaired) electrons. The third kappa shape index (κ3) is 6.20. The van der Waals surface area contributed by atoms with Gasteiger partial charge in [-0.3, -0.25) is 4.79 Å². The molecule has 7 nitrogen and oxygen atoms in total. The number of nitrogens with zero attached hydrogens (tertiary/aromatic N) is 2. The number of carbonyl (C=O) groups excluding carboxylic acids is 1. The number of hydrogen-bond donors (Lipinski definition) is 4. The van der Waals surface area contributed by atoms with Gasteiger partial charge < -0.3 is 21.5 Å². The number of aromatic nitrogens is 2. The van der Waals surface area contributed by atoms with Crippen LogP contribution in [0, 0.1) is 5.92 Å². The Morgan fingerprint density at radius 2 is 2.00 bits per heavy atom. The second kappa shape index (κ2) is 9.45. The number of anilines is 1. The molecule has 1 atom stereocenters. The molecule has 1 aliphatic carbocycles. The normalized spacial score (nSPS) is 15.3. The number of primary amides is 1. The van der Waals surface area contributed by atoms with Crippen molar-refractivity contribution < 1.29 is 31.9 Å². The van der Waals surface area contributed by atoms with E-state index in [1.54, 1.807) is 13.8 Å². The van der Waals surface area contributed by atoms with Gasteiger partial charge in [0.2, 0.25) is 0 Å². The van der Waals surface area contributed by atoms with Crippen LogP contribution in [-0.4, -0.2) is 45.3 Å². The van der Waals surface area contributed by atoms with E-state index in [0.29, 0.717) is 12.8 Å². The summed E-state index contributed by atoms with van der Waals surface area (Å²) in [5.74, 6) is -1.97. The van der Waals surface area contributed by atoms with Gasteiger partial charge in [-0.25, -0.2) is 18.7 Å². The molecule has 34 heavy (non-hydrogen) atoms. The standard InChI is InChI=1S/C21H24F5N5O2S/c1-9(29-8-20(2,3)33)19-31-14(18(27)32)15(34-19)12-7-28-13(6-11(12)17(22)23)30-16(10-4-5-10)21(24,25)26/h6-7,10,16-17,29,33H,1,4-5,8H2,2-3H3,(H2,27,32)(H,28,30). The molecule has 2 heterocycles. The van der Waals surface area contributed by atoms with Gasteiger partial charge in [0.05, 0.1) is 16.2 Å². The smallest absolute Gasteiger partial charge is 0.389 e. The highest BCUT2D eigenvalue weighted by Gasteiger charge is 2.49. The summed E-state index contributed by atoms with van der Waals surface area (Å²) >= 11 is 0.841. The van der Waals surface area contributed by atoms with Crippen molar-refractivity contribution in [3.05, 3.63) is 35.1 Å². The minimum atomic E-state index is -4.56. The molecule has 0 saturated heterocycles. The number of hydrogen-bond acceptors (Lipinski definition) is 7. The molecule has 0 aliphatic heterocycles. The van der Waals surface area contributed by atoms with Gasteiger partial charge in [0.15, 0.2) is 0 Å². The molecule has 1 fully saturated rings. The molecule has 1 amide bonds. The number of amides is 1. The fraction of sp³-hybridized carbons (Fsp3) is 0.476. The minimum absolute atomic E-state index is 0.0161. The van der Waals surface area contributed by atoms with Gasteiger partial charge in [-0.15, -0.1) is 11.3 Å². The van der Waals surface area contributed by atoms with Crippen molar-refractivity contribution in [3.8, 4) is 10.4 Å². The molecule has 13 heteroatoms. The topological polar surface area (TPSA) is 113 Å². The fourth-order valence-corrected chi connectivity index (χ4v) is 4.22. The number of alkyl halides is 5. The molecule has 186 valence electrons. The number of halogens is 5. The number of carbonyl (C=O) groups is 1. The predicted octanol–water partition coefficient (Wildman–Crippen LogP) is 4.33. The summed E-state index contributed by atoms with van der Waals surface area (Å²) in [6.07, 6.45) is -5.90. The van der Waals surface area contributed by atoms with Crippen LogP contribution in [0.5, 0.6) is 0 Å². The summed E-state index contributed by atoms with van der Waals surface area (Å²) in [4.78, 5) is 19.9. The Morgan fingerprint density at radius 3 is 2.50 bits per heavy atom. The van der Waals surface area contributed by atoms with Crippen LogP contribution in [0.15, 0.2) is 18.8 Å². The van der Waals surface area contributed by atoms with Crippen molar-refractivity contribution in [2.45, 2.75) is 50.9 Å². The van der Waals surface area contributed by atoms with E-state index < -0.39 is 41.6 Å². The van der Waals surface area contributed by atoms with E-state index in [1.807, 2.05) is 0 Å². The Labute approximate surface area is 196 Å². The summed E-state index contributed by atoms with van der Waals surface area (Å²) in [6.45, 7) is 6.98. The van der Waals surface area contributed by atoms with Crippen molar-refractivity contribution in [3.63, 3.8) is 0 Å². The quantitative estimate of drug-likeness (QED) is 0.358. The second-order valence-corrected chi connectivity index (χ2v) is 9.66. The lowest BCUT2D eigenvalue weighted by molar-refractivity contribution is -0.146. The summed E-state index contributed by atoms with van der Waals surface area (Å²) in [7, 11) is 0. The summed E-state index contributed by atoms with van der Waals surface area (Å²) in [6, 6.07) is -1.05. The number of pyridine rings is 1. The van der Waals surface area contributed by atoms with Crippen molar-refractivity contribution in [2.24, 2.45) is 11.7 Å². The van der Waals surface area contributed by atoms with E-state index in [1.165, 1.54) is 0 Å². The molecule has 1 saturated carbocycles. The molecule has 3 rings (SSSR count). The molecule has 1 aliphatic rings. The molecule has 5 N–H and O–H groups in total. The first kappa shape index (κ1) is 25.8. The van der Waals surface area contributed by atoms with Crippen LogP contribution in [0.2, 0.25) is 0 Å². The molecular weight excluding hydrogens is 481 g/mol. The van der Waals surface area contributed by atoms with Crippen LogP contribution in [0.4, 0.5) is 27.8 Å². The first-order valence-corrected chi connectivity index (χ1v) is 11.1. The van der Waals surface area contributed by atoms with Crippen LogP contribution >= 0.6 is 11.3 Å². The van der Waals surface area contributed by atoms with Crippen LogP contribution in [0.25, 0.3) is 16.1 Å². The average molecular weight is 506 g/mol. The van der Waals surface area contributed by atoms with E-state index in [2.05, 4.69) is 27.2 Å². The number of thiazole rings is 1. The van der Waals surface area contributed by atoms with Gasteiger partial charge in [0.25, 0.3) is 12.3 Å². The molecule has 2 aromatic heterocycles. The van der Waals surface area contributed by atoms with Crippen LogP contribution in [0.1, 0.15) is 54.2 Å². The maximum Gasteiger partial charge on any atom is 0.408 e. The van der Waals surface area contributed by atoms with Gasteiger partial charge in [0, 0.05) is 23.9 Å². The first-order valence-electron chi connectivity index (χ1n) is 10.2. The number of nitrogens with two attached hydrogens (primary N) is 1. The maximum atomic E-state index is 13.9. The van der Waals surface area contributed by atoms with E-state index in [-0.39, 0.29) is 39.2 Å². The van der Waals surface area contributed by atoms with Crippen molar-refractivity contribution in [2.75, 3.05) is 11.9 Å². The molecular formula is C21H24F5N5O2S. The Balaban J connectivity index is 1.97. The Bertz CT molecular complexity index is 1080. The lowest BCUT2D eigenvalue weighted by atomic mass is 10.1. The largest absolute Gasteiger partial charge is 0.408 e. The average Bonchev–Trinajstić information content (AvgIpc) is 3.45. The zero-order valence-electron chi connectivity index (χ0n) is 18.3. The molecule has 2 aromatic rings. The van der Waals surface area contributed by atoms with Crippen molar-refractivity contribution in [1.82, 2.24) is 15.3 Å². The van der Waals surface area contributed by atoms with Gasteiger partial charge in [0.1, 0.15) is 22.6 Å². The predicted molar refractivity (Wildman–Crippen MR) is 118 cm³/mol. The third-order valence-electron chi connectivity index (χ3n) is 5.02. The van der Waals surface area contributed by atoms with Crippen LogP contribution < -0.4 is 16.4 Å². The molecule has 1 unspecified atom stereocenters. The first-order chi connectivity index (χ1) is 15.7. The third-order valence-corrected chi connectivity index (χ3v) is 6.17. The second-order valence-electron chi connectivity index (χ2n) is 8.66.